The van der Waals surface area contributed by atoms with Gasteiger partial charge in [0.15, 0.2) is 11.0 Å². The number of aromatic nitrogens is 3. The summed E-state index contributed by atoms with van der Waals surface area (Å²) < 4.78 is 1.92. The van der Waals surface area contributed by atoms with Crippen LogP contribution in [0.4, 0.5) is 11.4 Å². The molecule has 2 aromatic carbocycles. The zero-order chi connectivity index (χ0) is 21.7. The van der Waals surface area contributed by atoms with Crippen LogP contribution in [-0.4, -0.2) is 32.3 Å². The largest absolute Gasteiger partial charge is 0.326 e. The van der Waals surface area contributed by atoms with E-state index in [9.17, 15) is 9.59 Å². The van der Waals surface area contributed by atoms with Gasteiger partial charge in [-0.1, -0.05) is 47.1 Å². The smallest absolute Gasteiger partial charge is 0.234 e. The van der Waals surface area contributed by atoms with Gasteiger partial charge in [-0.3, -0.25) is 9.59 Å². The number of carbonyl (C=O) groups is 2. The van der Waals surface area contributed by atoms with Gasteiger partial charge in [-0.05, 0) is 37.3 Å². The van der Waals surface area contributed by atoms with Crippen molar-refractivity contribution >= 4 is 58.2 Å². The van der Waals surface area contributed by atoms with E-state index < -0.39 is 0 Å². The molecule has 3 aromatic rings. The zero-order valence-electron chi connectivity index (χ0n) is 16.3. The summed E-state index contributed by atoms with van der Waals surface area (Å²) in [5, 5.41) is 15.5. The van der Waals surface area contributed by atoms with E-state index in [0.717, 1.165) is 5.56 Å². The van der Waals surface area contributed by atoms with E-state index in [1.54, 1.807) is 24.3 Å². The summed E-state index contributed by atoms with van der Waals surface area (Å²) in [6.45, 7) is 4.06. The monoisotopic (exact) mass is 463 g/mol. The molecule has 0 spiro atoms. The Morgan fingerprint density at radius 2 is 1.80 bits per heavy atom. The van der Waals surface area contributed by atoms with E-state index in [-0.39, 0.29) is 17.6 Å². The number of anilines is 2. The molecular formula is C20H19Cl2N5O2S. The molecule has 156 valence electrons. The Kier molecular flexibility index (Phi) is 7.36. The number of hydrogen-bond acceptors (Lipinski definition) is 5. The number of benzene rings is 2. The first-order valence-corrected chi connectivity index (χ1v) is 10.8. The topological polar surface area (TPSA) is 88.9 Å². The molecule has 1 aromatic heterocycles. The summed E-state index contributed by atoms with van der Waals surface area (Å²) in [5.74, 6) is 0.480. The van der Waals surface area contributed by atoms with Crippen molar-refractivity contribution in [2.24, 2.45) is 0 Å². The Balaban J connectivity index is 1.70. The Hall–Kier alpha value is -2.55. The number of amides is 2. The Labute approximate surface area is 188 Å². The quantitative estimate of drug-likeness (QED) is 0.483. The van der Waals surface area contributed by atoms with Gasteiger partial charge in [0.2, 0.25) is 11.8 Å². The molecule has 30 heavy (non-hydrogen) atoms. The lowest BCUT2D eigenvalue weighted by Crippen LogP contribution is -2.14. The highest BCUT2D eigenvalue weighted by Crippen LogP contribution is 2.27. The van der Waals surface area contributed by atoms with Gasteiger partial charge < -0.3 is 15.2 Å². The molecule has 0 fully saturated rings. The highest BCUT2D eigenvalue weighted by atomic mass is 35.5. The number of thioether (sulfide) groups is 1. The van der Waals surface area contributed by atoms with Crippen molar-refractivity contribution in [2.45, 2.75) is 25.5 Å². The lowest BCUT2D eigenvalue weighted by molar-refractivity contribution is -0.114. The highest BCUT2D eigenvalue weighted by Gasteiger charge is 2.15. The third kappa shape index (κ3) is 5.53. The second-order valence-corrected chi connectivity index (χ2v) is 8.04. The Morgan fingerprint density at radius 1 is 1.03 bits per heavy atom. The number of nitrogens with one attached hydrogen (secondary N) is 2. The molecule has 0 saturated heterocycles. The predicted molar refractivity (Wildman–Crippen MR) is 121 cm³/mol. The van der Waals surface area contributed by atoms with Gasteiger partial charge in [0.05, 0.1) is 15.8 Å². The molecule has 1 heterocycles. The van der Waals surface area contributed by atoms with Crippen LogP contribution in [-0.2, 0) is 16.1 Å². The van der Waals surface area contributed by atoms with E-state index >= 15 is 0 Å². The molecule has 0 aliphatic carbocycles. The van der Waals surface area contributed by atoms with Crippen LogP contribution in [0.2, 0.25) is 10.0 Å². The maximum absolute atomic E-state index is 12.3. The van der Waals surface area contributed by atoms with Gasteiger partial charge in [-0.2, -0.15) is 0 Å². The zero-order valence-corrected chi connectivity index (χ0v) is 18.6. The molecule has 0 saturated carbocycles. The Bertz CT molecular complexity index is 1090. The molecule has 0 bridgehead atoms. The van der Waals surface area contributed by atoms with Crippen molar-refractivity contribution in [3.05, 3.63) is 52.5 Å². The van der Waals surface area contributed by atoms with Crippen molar-refractivity contribution in [1.82, 2.24) is 14.8 Å². The van der Waals surface area contributed by atoms with Gasteiger partial charge in [0.1, 0.15) is 0 Å². The summed E-state index contributed by atoms with van der Waals surface area (Å²) in [5.41, 5.74) is 2.08. The second-order valence-electron chi connectivity index (χ2n) is 6.28. The first-order chi connectivity index (χ1) is 14.4. The molecule has 2 N–H and O–H groups in total. The van der Waals surface area contributed by atoms with Gasteiger partial charge in [0.25, 0.3) is 0 Å². The van der Waals surface area contributed by atoms with Crippen LogP contribution in [0.3, 0.4) is 0 Å². The van der Waals surface area contributed by atoms with Crippen LogP contribution < -0.4 is 10.6 Å². The number of carbonyl (C=O) groups excluding carboxylic acids is 2. The second kappa shape index (κ2) is 9.97. The lowest BCUT2D eigenvalue weighted by atomic mass is 10.2. The number of hydrogen-bond donors (Lipinski definition) is 2. The van der Waals surface area contributed by atoms with Crippen LogP contribution in [0.5, 0.6) is 0 Å². The average Bonchev–Trinajstić information content (AvgIpc) is 3.12. The van der Waals surface area contributed by atoms with Crippen molar-refractivity contribution in [3.8, 4) is 11.4 Å². The molecule has 7 nitrogen and oxygen atoms in total. The van der Waals surface area contributed by atoms with Crippen LogP contribution in [0.25, 0.3) is 11.4 Å². The summed E-state index contributed by atoms with van der Waals surface area (Å²) in [4.78, 5) is 23.6. The van der Waals surface area contributed by atoms with E-state index in [1.165, 1.54) is 18.7 Å². The molecule has 0 unspecified atom stereocenters. The predicted octanol–water partition coefficient (Wildman–Crippen LogP) is 4.96. The highest BCUT2D eigenvalue weighted by molar-refractivity contribution is 7.99. The van der Waals surface area contributed by atoms with Crippen molar-refractivity contribution in [3.63, 3.8) is 0 Å². The minimum Gasteiger partial charge on any atom is -0.326 e. The Morgan fingerprint density at radius 3 is 2.50 bits per heavy atom. The van der Waals surface area contributed by atoms with Crippen molar-refractivity contribution < 1.29 is 9.59 Å². The maximum Gasteiger partial charge on any atom is 0.234 e. The van der Waals surface area contributed by atoms with Gasteiger partial charge >= 0.3 is 0 Å². The SMILES string of the molecule is CCn1c(SCC(=O)Nc2ccc(Cl)c(Cl)c2)nnc1-c1cccc(NC(C)=O)c1. The van der Waals surface area contributed by atoms with Gasteiger partial charge in [-0.15, -0.1) is 10.2 Å². The number of halogens is 2. The van der Waals surface area contributed by atoms with Crippen LogP contribution in [0.15, 0.2) is 47.6 Å². The number of nitrogens with zero attached hydrogens (tertiary/aromatic N) is 3. The molecule has 0 atom stereocenters. The summed E-state index contributed by atoms with van der Waals surface area (Å²) in [6, 6.07) is 12.3. The summed E-state index contributed by atoms with van der Waals surface area (Å²) in [7, 11) is 0. The minimum absolute atomic E-state index is 0.145. The van der Waals surface area contributed by atoms with E-state index in [1.807, 2.05) is 29.7 Å². The summed E-state index contributed by atoms with van der Waals surface area (Å²) >= 11 is 13.2. The van der Waals surface area contributed by atoms with Gasteiger partial charge in [-0.25, -0.2) is 0 Å². The third-order valence-electron chi connectivity index (χ3n) is 4.01. The molecule has 2 amide bonds. The fourth-order valence-corrected chi connectivity index (χ4v) is 3.83. The molecule has 10 heteroatoms. The molecule has 0 aliphatic heterocycles. The number of rotatable bonds is 7. The molecule has 3 rings (SSSR count). The van der Waals surface area contributed by atoms with Crippen molar-refractivity contribution in [1.29, 1.82) is 0 Å². The standard InChI is InChI=1S/C20H19Cl2N5O2S/c1-3-27-19(13-5-4-6-14(9-13)23-12(2)28)25-26-20(27)30-11-18(29)24-15-7-8-16(21)17(22)10-15/h4-10H,3,11H2,1-2H3,(H,23,28)(H,24,29). The van der Waals surface area contributed by atoms with E-state index in [0.29, 0.717) is 38.9 Å². The summed E-state index contributed by atoms with van der Waals surface area (Å²) in [6.07, 6.45) is 0. The van der Waals surface area contributed by atoms with E-state index in [2.05, 4.69) is 20.8 Å². The normalized spacial score (nSPS) is 10.7. The fourth-order valence-electron chi connectivity index (χ4n) is 2.73. The molecular weight excluding hydrogens is 445 g/mol. The molecule has 0 radical (unpaired) electrons. The van der Waals surface area contributed by atoms with Crippen LogP contribution >= 0.6 is 35.0 Å². The first kappa shape index (κ1) is 22.1. The fraction of sp³-hybridized carbons (Fsp3) is 0.200. The average molecular weight is 464 g/mol. The maximum atomic E-state index is 12.3. The third-order valence-corrected chi connectivity index (χ3v) is 5.72. The molecule has 0 aliphatic rings. The lowest BCUT2D eigenvalue weighted by Gasteiger charge is -2.09. The van der Waals surface area contributed by atoms with Crippen LogP contribution in [0, 0.1) is 0 Å². The van der Waals surface area contributed by atoms with Crippen molar-refractivity contribution in [2.75, 3.05) is 16.4 Å². The van der Waals surface area contributed by atoms with Gasteiger partial charge in [0, 0.05) is 30.4 Å². The first-order valence-electron chi connectivity index (χ1n) is 9.06. The minimum atomic E-state index is -0.196. The van der Waals surface area contributed by atoms with Crippen LogP contribution in [0.1, 0.15) is 13.8 Å². The van der Waals surface area contributed by atoms with E-state index in [4.69, 9.17) is 23.2 Å².